The van der Waals surface area contributed by atoms with Crippen molar-refractivity contribution in [1.29, 1.82) is 0 Å². The number of amides is 2. The Labute approximate surface area is 167 Å². The van der Waals surface area contributed by atoms with Gasteiger partial charge in [0.05, 0.1) is 18.7 Å². The number of nitrogens with zero attached hydrogens (tertiary/aromatic N) is 1. The number of carbonyl (C=O) groups is 2. The van der Waals surface area contributed by atoms with Gasteiger partial charge in [0.1, 0.15) is 5.75 Å². The molecule has 1 saturated heterocycles. The lowest BCUT2D eigenvalue weighted by molar-refractivity contribution is -0.126. The second kappa shape index (κ2) is 7.59. The summed E-state index contributed by atoms with van der Waals surface area (Å²) in [5.74, 6) is 1.16. The smallest absolute Gasteiger partial charge is 0.231 e. The van der Waals surface area contributed by atoms with E-state index in [9.17, 15) is 9.59 Å². The molecule has 2 aromatic rings. The van der Waals surface area contributed by atoms with Crippen molar-refractivity contribution < 1.29 is 23.8 Å². The summed E-state index contributed by atoms with van der Waals surface area (Å²) < 4.78 is 15.9. The van der Waals surface area contributed by atoms with Crippen LogP contribution in [0.3, 0.4) is 0 Å². The van der Waals surface area contributed by atoms with Gasteiger partial charge in [0.25, 0.3) is 0 Å². The van der Waals surface area contributed by atoms with Crippen molar-refractivity contribution in [3.63, 3.8) is 0 Å². The number of carbonyl (C=O) groups excluding carboxylic acids is 2. The zero-order valence-corrected chi connectivity index (χ0v) is 16.0. The number of ether oxygens (including phenoxy) is 3. The van der Waals surface area contributed by atoms with E-state index in [4.69, 9.17) is 25.8 Å². The SMILES string of the molecule is COc1ccc(Cl)cc1N1C[C@H](C(=O)NCc2ccc3c(c2)OCO3)CC1=O. The van der Waals surface area contributed by atoms with Crippen LogP contribution in [0.15, 0.2) is 36.4 Å². The Morgan fingerprint density at radius 3 is 2.89 bits per heavy atom. The molecule has 0 aromatic heterocycles. The zero-order valence-electron chi connectivity index (χ0n) is 15.2. The predicted octanol–water partition coefficient (Wildman–Crippen LogP) is 2.75. The lowest BCUT2D eigenvalue weighted by atomic mass is 10.1. The summed E-state index contributed by atoms with van der Waals surface area (Å²) >= 11 is 6.06. The first-order chi connectivity index (χ1) is 13.5. The highest BCUT2D eigenvalue weighted by molar-refractivity contribution is 6.31. The van der Waals surface area contributed by atoms with Gasteiger partial charge in [0, 0.05) is 24.5 Å². The molecule has 0 saturated carbocycles. The molecule has 0 radical (unpaired) electrons. The third kappa shape index (κ3) is 3.57. The fourth-order valence-corrected chi connectivity index (χ4v) is 3.54. The first kappa shape index (κ1) is 18.4. The molecule has 2 aliphatic rings. The molecule has 8 heteroatoms. The molecule has 146 valence electrons. The Morgan fingerprint density at radius 1 is 1.25 bits per heavy atom. The van der Waals surface area contributed by atoms with Gasteiger partial charge in [-0.05, 0) is 35.9 Å². The van der Waals surface area contributed by atoms with Gasteiger partial charge in [0.15, 0.2) is 11.5 Å². The van der Waals surface area contributed by atoms with Gasteiger partial charge >= 0.3 is 0 Å². The first-order valence-electron chi connectivity index (χ1n) is 8.85. The molecular formula is C20H19ClN2O5. The Morgan fingerprint density at radius 2 is 2.07 bits per heavy atom. The van der Waals surface area contributed by atoms with Crippen molar-refractivity contribution in [3.05, 3.63) is 47.0 Å². The van der Waals surface area contributed by atoms with Crippen molar-refractivity contribution in [2.75, 3.05) is 25.3 Å². The minimum atomic E-state index is -0.440. The van der Waals surface area contributed by atoms with Gasteiger partial charge in [-0.15, -0.1) is 0 Å². The van der Waals surface area contributed by atoms with Crippen molar-refractivity contribution in [2.45, 2.75) is 13.0 Å². The zero-order chi connectivity index (χ0) is 19.7. The molecule has 28 heavy (non-hydrogen) atoms. The minimum absolute atomic E-state index is 0.135. The molecule has 1 fully saturated rings. The highest BCUT2D eigenvalue weighted by atomic mass is 35.5. The maximum atomic E-state index is 12.6. The number of anilines is 1. The van der Waals surface area contributed by atoms with Crippen LogP contribution in [0.5, 0.6) is 17.2 Å². The normalized spacial score (nSPS) is 17.7. The molecule has 2 aliphatic heterocycles. The van der Waals surface area contributed by atoms with E-state index in [-0.39, 0.29) is 31.6 Å². The summed E-state index contributed by atoms with van der Waals surface area (Å²) in [6.45, 7) is 0.835. The van der Waals surface area contributed by atoms with Crippen LogP contribution in [-0.4, -0.2) is 32.3 Å². The Bertz CT molecular complexity index is 933. The van der Waals surface area contributed by atoms with Gasteiger partial charge in [-0.25, -0.2) is 0 Å². The van der Waals surface area contributed by atoms with Crippen molar-refractivity contribution in [2.24, 2.45) is 5.92 Å². The third-order valence-corrected chi connectivity index (χ3v) is 5.07. The van der Waals surface area contributed by atoms with E-state index in [1.54, 1.807) is 23.1 Å². The molecule has 0 spiro atoms. The molecule has 1 atom stereocenters. The maximum absolute atomic E-state index is 12.6. The molecule has 1 N–H and O–H groups in total. The average molecular weight is 403 g/mol. The second-order valence-electron chi connectivity index (χ2n) is 6.63. The van der Waals surface area contributed by atoms with E-state index in [1.165, 1.54) is 7.11 Å². The van der Waals surface area contributed by atoms with Gasteiger partial charge in [-0.1, -0.05) is 17.7 Å². The van der Waals surface area contributed by atoms with Gasteiger partial charge < -0.3 is 24.4 Å². The minimum Gasteiger partial charge on any atom is -0.495 e. The van der Waals surface area contributed by atoms with Crippen molar-refractivity contribution >= 4 is 29.1 Å². The van der Waals surface area contributed by atoms with E-state index in [0.717, 1.165) is 5.56 Å². The summed E-state index contributed by atoms with van der Waals surface area (Å²) in [5, 5.41) is 3.39. The number of halogens is 1. The molecule has 2 heterocycles. The molecule has 4 rings (SSSR count). The van der Waals surface area contributed by atoms with Crippen molar-refractivity contribution in [1.82, 2.24) is 5.32 Å². The van der Waals surface area contributed by atoms with E-state index in [1.807, 2.05) is 18.2 Å². The van der Waals surface area contributed by atoms with Gasteiger partial charge in [-0.2, -0.15) is 0 Å². The Balaban J connectivity index is 1.41. The van der Waals surface area contributed by atoms with Gasteiger partial charge in [-0.3, -0.25) is 9.59 Å². The van der Waals surface area contributed by atoms with Crippen LogP contribution in [0.2, 0.25) is 5.02 Å². The third-order valence-electron chi connectivity index (χ3n) is 4.83. The number of fused-ring (bicyclic) bond motifs is 1. The van der Waals surface area contributed by atoms with E-state index >= 15 is 0 Å². The largest absolute Gasteiger partial charge is 0.495 e. The number of hydrogen-bond donors (Lipinski definition) is 1. The van der Waals surface area contributed by atoms with Crippen LogP contribution in [0.4, 0.5) is 5.69 Å². The highest BCUT2D eigenvalue weighted by Gasteiger charge is 2.36. The first-order valence-corrected chi connectivity index (χ1v) is 9.23. The van der Waals surface area contributed by atoms with Crippen LogP contribution in [0.25, 0.3) is 0 Å². The lowest BCUT2D eigenvalue weighted by Crippen LogP contribution is -2.32. The lowest BCUT2D eigenvalue weighted by Gasteiger charge is -2.20. The van der Waals surface area contributed by atoms with Crippen molar-refractivity contribution in [3.8, 4) is 17.2 Å². The summed E-state index contributed by atoms with van der Waals surface area (Å²) in [6, 6.07) is 10.6. The summed E-state index contributed by atoms with van der Waals surface area (Å²) in [5.41, 5.74) is 1.47. The molecule has 0 bridgehead atoms. The highest BCUT2D eigenvalue weighted by Crippen LogP contribution is 2.35. The number of nitrogens with one attached hydrogen (secondary N) is 1. The second-order valence-corrected chi connectivity index (χ2v) is 7.06. The molecule has 7 nitrogen and oxygen atoms in total. The quantitative estimate of drug-likeness (QED) is 0.832. The van der Waals surface area contributed by atoms with Crippen LogP contribution >= 0.6 is 11.6 Å². The van der Waals surface area contributed by atoms with Crippen LogP contribution in [0.1, 0.15) is 12.0 Å². The van der Waals surface area contributed by atoms with Crippen LogP contribution < -0.4 is 24.4 Å². The van der Waals surface area contributed by atoms with Gasteiger partial charge in [0.2, 0.25) is 18.6 Å². The maximum Gasteiger partial charge on any atom is 0.231 e. The molecular weight excluding hydrogens is 384 g/mol. The molecule has 2 amide bonds. The molecule has 2 aromatic carbocycles. The number of hydrogen-bond acceptors (Lipinski definition) is 5. The predicted molar refractivity (Wildman–Crippen MR) is 103 cm³/mol. The van der Waals surface area contributed by atoms with E-state index in [0.29, 0.717) is 34.5 Å². The standard InChI is InChI=1S/C20H19ClN2O5/c1-26-16-5-3-14(21)8-15(16)23-10-13(7-19(23)24)20(25)22-9-12-2-4-17-18(6-12)28-11-27-17/h2-6,8,13H,7,9-11H2,1H3,(H,22,25)/t13-/m1/s1. The monoisotopic (exact) mass is 402 g/mol. The number of methoxy groups -OCH3 is 1. The summed E-state index contributed by atoms with van der Waals surface area (Å²) in [4.78, 5) is 26.6. The van der Waals surface area contributed by atoms with E-state index in [2.05, 4.69) is 5.32 Å². The fourth-order valence-electron chi connectivity index (χ4n) is 3.37. The molecule has 0 unspecified atom stereocenters. The van der Waals surface area contributed by atoms with Crippen LogP contribution in [-0.2, 0) is 16.1 Å². The topological polar surface area (TPSA) is 77.1 Å². The molecule has 0 aliphatic carbocycles. The number of benzene rings is 2. The van der Waals surface area contributed by atoms with Crippen LogP contribution in [0, 0.1) is 5.92 Å². The summed E-state index contributed by atoms with van der Waals surface area (Å²) in [6.07, 6.45) is 0.142. The average Bonchev–Trinajstić information content (AvgIpc) is 3.32. The summed E-state index contributed by atoms with van der Waals surface area (Å²) in [7, 11) is 1.53. The number of rotatable bonds is 5. The Kier molecular flexibility index (Phi) is 5.00. The fraction of sp³-hybridized carbons (Fsp3) is 0.300. The Hall–Kier alpha value is -2.93. The van der Waals surface area contributed by atoms with E-state index < -0.39 is 5.92 Å².